The van der Waals surface area contributed by atoms with Gasteiger partial charge < -0.3 is 4.74 Å². The Labute approximate surface area is 98.8 Å². The summed E-state index contributed by atoms with van der Waals surface area (Å²) in [7, 11) is 0. The van der Waals surface area contributed by atoms with Gasteiger partial charge in [-0.05, 0) is 18.1 Å². The predicted molar refractivity (Wildman–Crippen MR) is 61.5 cm³/mol. The van der Waals surface area contributed by atoms with Gasteiger partial charge in [0.1, 0.15) is 0 Å². The van der Waals surface area contributed by atoms with Gasteiger partial charge in [-0.3, -0.25) is 15.2 Å². The number of hydrogen-bond acceptors (Lipinski definition) is 5. The van der Waals surface area contributed by atoms with E-state index in [2.05, 4.69) is 6.92 Å². The van der Waals surface area contributed by atoms with Crippen molar-refractivity contribution in [1.82, 2.24) is 0 Å². The summed E-state index contributed by atoms with van der Waals surface area (Å²) in [6, 6.07) is 6.29. The molecule has 0 aromatic heterocycles. The van der Waals surface area contributed by atoms with Crippen LogP contribution in [0.3, 0.4) is 0 Å². The Morgan fingerprint density at radius 3 is 2.76 bits per heavy atom. The molecule has 6 nitrogen and oxygen atoms in total. The van der Waals surface area contributed by atoms with Gasteiger partial charge in [-0.1, -0.05) is 6.92 Å². The molecule has 0 amide bonds. The van der Waals surface area contributed by atoms with E-state index in [9.17, 15) is 10.1 Å². The first-order valence-electron chi connectivity index (χ1n) is 5.39. The second kappa shape index (κ2) is 5.11. The minimum absolute atomic E-state index is 0.0767. The van der Waals surface area contributed by atoms with Crippen LogP contribution in [0.15, 0.2) is 24.3 Å². The summed E-state index contributed by atoms with van der Waals surface area (Å²) in [5, 5.41) is 12.2. The lowest BCUT2D eigenvalue weighted by Crippen LogP contribution is -2.26. The lowest BCUT2D eigenvalue weighted by atomic mass is 10.2. The van der Waals surface area contributed by atoms with Gasteiger partial charge in [0.05, 0.1) is 23.8 Å². The zero-order valence-corrected chi connectivity index (χ0v) is 9.54. The molecule has 92 valence electrons. The first-order valence-corrected chi connectivity index (χ1v) is 5.39. The van der Waals surface area contributed by atoms with Crippen LogP contribution in [0.25, 0.3) is 0 Å². The first kappa shape index (κ1) is 11.8. The molecule has 0 spiro atoms. The summed E-state index contributed by atoms with van der Waals surface area (Å²) < 4.78 is 5.25. The van der Waals surface area contributed by atoms with Gasteiger partial charge in [0.25, 0.3) is 5.69 Å². The van der Waals surface area contributed by atoms with E-state index in [1.165, 1.54) is 12.1 Å². The quantitative estimate of drug-likeness (QED) is 0.582. The fourth-order valence-corrected chi connectivity index (χ4v) is 1.66. The van der Waals surface area contributed by atoms with E-state index in [4.69, 9.17) is 9.57 Å². The summed E-state index contributed by atoms with van der Waals surface area (Å²) in [4.78, 5) is 15.5. The molecule has 1 unspecified atom stereocenters. The maximum Gasteiger partial charge on any atom is 0.269 e. The van der Waals surface area contributed by atoms with Crippen LogP contribution in [-0.4, -0.2) is 24.9 Å². The van der Waals surface area contributed by atoms with Gasteiger partial charge in [0, 0.05) is 12.1 Å². The van der Waals surface area contributed by atoms with E-state index in [-0.39, 0.29) is 12.5 Å². The molecule has 0 saturated carbocycles. The minimum atomic E-state index is -0.418. The maximum atomic E-state index is 10.5. The average molecular weight is 238 g/mol. The monoisotopic (exact) mass is 238 g/mol. The van der Waals surface area contributed by atoms with E-state index in [0.29, 0.717) is 19.1 Å². The normalized spacial score (nSPS) is 21.0. The molecule has 1 aromatic carbocycles. The first-order chi connectivity index (χ1) is 8.16. The number of ether oxygens (including phenoxy) is 1. The lowest BCUT2D eigenvalue weighted by molar-refractivity contribution is -0.384. The van der Waals surface area contributed by atoms with Crippen molar-refractivity contribution >= 4 is 11.4 Å². The smallest absolute Gasteiger partial charge is 0.269 e. The molecule has 2 rings (SSSR count). The van der Waals surface area contributed by atoms with E-state index in [1.54, 1.807) is 17.2 Å². The molecule has 1 fully saturated rings. The van der Waals surface area contributed by atoms with Gasteiger partial charge in [0.15, 0.2) is 6.79 Å². The van der Waals surface area contributed by atoms with Gasteiger partial charge >= 0.3 is 0 Å². The third-order valence-corrected chi connectivity index (χ3v) is 2.52. The van der Waals surface area contributed by atoms with Crippen LogP contribution in [0, 0.1) is 16.0 Å². The zero-order chi connectivity index (χ0) is 12.3. The Balaban J connectivity index is 2.12. The number of hydrogen-bond donors (Lipinski definition) is 0. The van der Waals surface area contributed by atoms with Crippen molar-refractivity contribution in [1.29, 1.82) is 0 Å². The summed E-state index contributed by atoms with van der Waals surface area (Å²) in [6.07, 6.45) is 0. The van der Waals surface area contributed by atoms with E-state index < -0.39 is 4.92 Å². The van der Waals surface area contributed by atoms with Crippen LogP contribution in [0.4, 0.5) is 11.4 Å². The zero-order valence-electron chi connectivity index (χ0n) is 9.54. The molecule has 0 radical (unpaired) electrons. The fourth-order valence-electron chi connectivity index (χ4n) is 1.66. The molecule has 1 aliphatic heterocycles. The van der Waals surface area contributed by atoms with Crippen LogP contribution in [0.2, 0.25) is 0 Å². The third kappa shape index (κ3) is 2.92. The average Bonchev–Trinajstić information content (AvgIpc) is 2.54. The van der Waals surface area contributed by atoms with Crippen molar-refractivity contribution in [3.63, 3.8) is 0 Å². The summed E-state index contributed by atoms with van der Waals surface area (Å²) in [6.45, 7) is 3.63. The maximum absolute atomic E-state index is 10.5. The molecule has 0 aliphatic carbocycles. The van der Waals surface area contributed by atoms with Gasteiger partial charge in [0.2, 0.25) is 0 Å². The molecule has 1 saturated heterocycles. The topological polar surface area (TPSA) is 64.8 Å². The predicted octanol–water partition coefficient (Wildman–Crippen LogP) is 1.96. The van der Waals surface area contributed by atoms with Gasteiger partial charge in [-0.25, -0.2) is 4.84 Å². The number of anilines is 1. The molecule has 1 atom stereocenters. The molecule has 1 aliphatic rings. The molecule has 1 aromatic rings. The minimum Gasteiger partial charge on any atom is -0.353 e. The Kier molecular flexibility index (Phi) is 3.55. The van der Waals surface area contributed by atoms with Crippen LogP contribution in [0.1, 0.15) is 6.92 Å². The Hall–Kier alpha value is -1.66. The highest BCUT2D eigenvalue weighted by Crippen LogP contribution is 2.21. The van der Waals surface area contributed by atoms with Crippen molar-refractivity contribution in [2.45, 2.75) is 6.92 Å². The number of benzene rings is 1. The number of nitro groups is 1. The Bertz CT molecular complexity index is 393. The number of non-ortho nitro benzene ring substituents is 1. The SMILES string of the molecule is CC1COCON(c2ccc([N+](=O)[O-])cc2)C1. The number of rotatable bonds is 2. The largest absolute Gasteiger partial charge is 0.353 e. The highest BCUT2D eigenvalue weighted by Gasteiger charge is 2.17. The van der Waals surface area contributed by atoms with Crippen LogP contribution in [-0.2, 0) is 9.57 Å². The molecular formula is C11H14N2O4. The van der Waals surface area contributed by atoms with Crippen molar-refractivity contribution in [3.8, 4) is 0 Å². The van der Waals surface area contributed by atoms with E-state index in [1.807, 2.05) is 0 Å². The molecular weight excluding hydrogens is 224 g/mol. The lowest BCUT2D eigenvalue weighted by Gasteiger charge is -2.22. The third-order valence-electron chi connectivity index (χ3n) is 2.52. The second-order valence-corrected chi connectivity index (χ2v) is 4.06. The number of hydroxylamine groups is 1. The molecule has 1 heterocycles. The Morgan fingerprint density at radius 1 is 1.41 bits per heavy atom. The highest BCUT2D eigenvalue weighted by atomic mass is 16.8. The molecule has 0 N–H and O–H groups in total. The Morgan fingerprint density at radius 2 is 2.12 bits per heavy atom. The number of nitrogens with zero attached hydrogens (tertiary/aromatic N) is 2. The standard InChI is InChI=1S/C11H14N2O4/c1-9-6-12(17-8-16-7-9)10-2-4-11(5-3-10)13(14)15/h2-5,9H,6-8H2,1H3. The van der Waals surface area contributed by atoms with Crippen molar-refractivity contribution in [2.75, 3.05) is 25.0 Å². The van der Waals surface area contributed by atoms with Crippen LogP contribution in [0.5, 0.6) is 0 Å². The summed E-state index contributed by atoms with van der Waals surface area (Å²) >= 11 is 0. The fraction of sp³-hybridized carbons (Fsp3) is 0.455. The molecule has 17 heavy (non-hydrogen) atoms. The van der Waals surface area contributed by atoms with Crippen molar-refractivity contribution in [2.24, 2.45) is 5.92 Å². The second-order valence-electron chi connectivity index (χ2n) is 4.06. The highest BCUT2D eigenvalue weighted by molar-refractivity contribution is 5.49. The van der Waals surface area contributed by atoms with Gasteiger partial charge in [-0.2, -0.15) is 0 Å². The van der Waals surface area contributed by atoms with Crippen LogP contribution >= 0.6 is 0 Å². The summed E-state index contributed by atoms with van der Waals surface area (Å²) in [5.74, 6) is 0.354. The van der Waals surface area contributed by atoms with Gasteiger partial charge in [-0.15, -0.1) is 0 Å². The number of nitro benzene ring substituents is 1. The van der Waals surface area contributed by atoms with E-state index in [0.717, 1.165) is 5.69 Å². The van der Waals surface area contributed by atoms with Crippen molar-refractivity contribution < 1.29 is 14.5 Å². The molecule has 0 bridgehead atoms. The van der Waals surface area contributed by atoms with Crippen LogP contribution < -0.4 is 5.06 Å². The van der Waals surface area contributed by atoms with E-state index >= 15 is 0 Å². The summed E-state index contributed by atoms with van der Waals surface area (Å²) in [5.41, 5.74) is 0.876. The van der Waals surface area contributed by atoms with Crippen molar-refractivity contribution in [3.05, 3.63) is 34.4 Å². The molecule has 6 heteroatoms.